The van der Waals surface area contributed by atoms with Gasteiger partial charge in [-0.05, 0) is 64.1 Å². The van der Waals surface area contributed by atoms with E-state index in [1.54, 1.807) is 45.0 Å². The number of nitrogens with one attached hydrogen (secondary N) is 2. The van der Waals surface area contributed by atoms with Gasteiger partial charge in [-0.1, -0.05) is 0 Å². The Morgan fingerprint density at radius 2 is 1.72 bits per heavy atom. The number of anilines is 1. The lowest BCUT2D eigenvalue weighted by Crippen LogP contribution is -2.27. The van der Waals surface area contributed by atoms with Gasteiger partial charge in [-0.2, -0.15) is 0 Å². The minimum absolute atomic E-state index is 0.164. The van der Waals surface area contributed by atoms with Crippen LogP contribution in [0.4, 0.5) is 10.5 Å². The molecule has 0 aliphatic rings. The molecule has 6 heteroatoms. The fourth-order valence-electron chi connectivity index (χ4n) is 2.24. The second kappa shape index (κ2) is 7.42. The van der Waals surface area contributed by atoms with Gasteiger partial charge in [-0.15, -0.1) is 0 Å². The molecule has 0 aliphatic heterocycles. The molecule has 0 bridgehead atoms. The molecule has 1 aromatic carbocycles. The molecular formula is C19H25N3O3. The molecule has 0 fully saturated rings. The van der Waals surface area contributed by atoms with Crippen molar-refractivity contribution in [3.05, 3.63) is 53.3 Å². The number of hydrogen-bond donors (Lipinski definition) is 2. The van der Waals surface area contributed by atoms with Gasteiger partial charge in [0.05, 0.1) is 6.54 Å². The fraction of sp³-hybridized carbons (Fsp3) is 0.368. The summed E-state index contributed by atoms with van der Waals surface area (Å²) in [6.07, 6.45) is -0.524. The van der Waals surface area contributed by atoms with Crippen LogP contribution in [0.5, 0.6) is 0 Å². The van der Waals surface area contributed by atoms with E-state index in [-0.39, 0.29) is 5.91 Å². The number of rotatable bonds is 4. The van der Waals surface area contributed by atoms with Gasteiger partial charge in [0.1, 0.15) is 5.60 Å². The summed E-state index contributed by atoms with van der Waals surface area (Å²) < 4.78 is 7.22. The quantitative estimate of drug-likeness (QED) is 0.891. The molecule has 2 rings (SSSR count). The maximum Gasteiger partial charge on any atom is 0.412 e. The SMILES string of the molecule is Cc1ccc(CNC(=O)c2ccc(NC(=O)OC(C)(C)C)cc2)n1C. The number of aryl methyl sites for hydroxylation is 1. The molecule has 0 atom stereocenters. The van der Waals surface area contributed by atoms with E-state index >= 15 is 0 Å². The van der Waals surface area contributed by atoms with Crippen molar-refractivity contribution in [1.82, 2.24) is 9.88 Å². The van der Waals surface area contributed by atoms with Crippen LogP contribution in [0, 0.1) is 6.92 Å². The van der Waals surface area contributed by atoms with Crippen LogP contribution in [0.15, 0.2) is 36.4 Å². The molecule has 0 aliphatic carbocycles. The van der Waals surface area contributed by atoms with Crippen molar-refractivity contribution < 1.29 is 14.3 Å². The molecule has 2 N–H and O–H groups in total. The van der Waals surface area contributed by atoms with E-state index in [9.17, 15) is 9.59 Å². The summed E-state index contributed by atoms with van der Waals surface area (Å²) in [5, 5.41) is 5.53. The zero-order valence-corrected chi connectivity index (χ0v) is 15.3. The smallest absolute Gasteiger partial charge is 0.412 e. The first-order valence-corrected chi connectivity index (χ1v) is 8.15. The van der Waals surface area contributed by atoms with Crippen molar-refractivity contribution in [3.63, 3.8) is 0 Å². The molecule has 25 heavy (non-hydrogen) atoms. The summed E-state index contributed by atoms with van der Waals surface area (Å²) >= 11 is 0. The molecule has 0 saturated heterocycles. The highest BCUT2D eigenvalue weighted by Gasteiger charge is 2.16. The van der Waals surface area contributed by atoms with Crippen molar-refractivity contribution in [3.8, 4) is 0 Å². The Labute approximate surface area is 148 Å². The average molecular weight is 343 g/mol. The molecule has 0 spiro atoms. The summed E-state index contributed by atoms with van der Waals surface area (Å²) in [5.41, 5.74) is 2.72. The van der Waals surface area contributed by atoms with Crippen LogP contribution in [0.25, 0.3) is 0 Å². The third-order valence-electron chi connectivity index (χ3n) is 3.70. The van der Waals surface area contributed by atoms with Gasteiger partial charge in [0.15, 0.2) is 0 Å². The van der Waals surface area contributed by atoms with Crippen molar-refractivity contribution in [2.75, 3.05) is 5.32 Å². The lowest BCUT2D eigenvalue weighted by atomic mass is 10.2. The summed E-state index contributed by atoms with van der Waals surface area (Å²) in [7, 11) is 1.97. The highest BCUT2D eigenvalue weighted by atomic mass is 16.6. The van der Waals surface area contributed by atoms with E-state index in [4.69, 9.17) is 4.74 Å². The van der Waals surface area contributed by atoms with Crippen molar-refractivity contribution in [2.45, 2.75) is 39.8 Å². The third-order valence-corrected chi connectivity index (χ3v) is 3.70. The molecule has 0 saturated carbocycles. The van der Waals surface area contributed by atoms with Crippen LogP contribution >= 0.6 is 0 Å². The highest BCUT2D eigenvalue weighted by molar-refractivity contribution is 5.95. The minimum Gasteiger partial charge on any atom is -0.444 e. The van der Waals surface area contributed by atoms with Crippen LogP contribution in [0.1, 0.15) is 42.5 Å². The van der Waals surface area contributed by atoms with E-state index in [0.29, 0.717) is 17.8 Å². The zero-order chi connectivity index (χ0) is 18.6. The van der Waals surface area contributed by atoms with Gasteiger partial charge in [0, 0.05) is 29.7 Å². The number of hydrogen-bond acceptors (Lipinski definition) is 3. The number of ether oxygens (including phenoxy) is 1. The summed E-state index contributed by atoms with van der Waals surface area (Å²) in [6.45, 7) is 7.87. The van der Waals surface area contributed by atoms with Crippen LogP contribution in [0.2, 0.25) is 0 Å². The molecule has 2 aromatic rings. The molecule has 0 radical (unpaired) electrons. The fourth-order valence-corrected chi connectivity index (χ4v) is 2.24. The lowest BCUT2D eigenvalue weighted by Gasteiger charge is -2.19. The number of carbonyl (C=O) groups is 2. The molecule has 2 amide bonds. The van der Waals surface area contributed by atoms with E-state index in [1.165, 1.54) is 0 Å². The Kier molecular flexibility index (Phi) is 5.51. The largest absolute Gasteiger partial charge is 0.444 e. The van der Waals surface area contributed by atoms with Crippen molar-refractivity contribution >= 4 is 17.7 Å². The zero-order valence-electron chi connectivity index (χ0n) is 15.3. The number of nitrogens with zero attached hydrogens (tertiary/aromatic N) is 1. The second-order valence-corrected chi connectivity index (χ2v) is 6.91. The predicted octanol–water partition coefficient (Wildman–Crippen LogP) is 3.61. The Morgan fingerprint density at radius 1 is 1.08 bits per heavy atom. The van der Waals surface area contributed by atoms with Gasteiger partial charge in [0.25, 0.3) is 5.91 Å². The monoisotopic (exact) mass is 343 g/mol. The van der Waals surface area contributed by atoms with E-state index in [1.807, 2.05) is 30.7 Å². The number of carbonyl (C=O) groups excluding carboxylic acids is 2. The maximum absolute atomic E-state index is 12.2. The predicted molar refractivity (Wildman–Crippen MR) is 97.6 cm³/mol. The van der Waals surface area contributed by atoms with Gasteiger partial charge < -0.3 is 14.6 Å². The first-order chi connectivity index (χ1) is 11.7. The standard InChI is InChI=1S/C19H25N3O3/c1-13-6-11-16(22(13)5)12-20-17(23)14-7-9-15(10-8-14)21-18(24)25-19(2,3)4/h6-11H,12H2,1-5H3,(H,20,23)(H,21,24). The average Bonchev–Trinajstić information content (AvgIpc) is 2.83. The minimum atomic E-state index is -0.556. The highest BCUT2D eigenvalue weighted by Crippen LogP contribution is 2.13. The van der Waals surface area contributed by atoms with Crippen LogP contribution in [-0.2, 0) is 18.3 Å². The van der Waals surface area contributed by atoms with Crippen molar-refractivity contribution in [1.29, 1.82) is 0 Å². The number of benzene rings is 1. The molecule has 6 nitrogen and oxygen atoms in total. The van der Waals surface area contributed by atoms with E-state index in [2.05, 4.69) is 10.6 Å². The molecular weight excluding hydrogens is 318 g/mol. The summed E-state index contributed by atoms with van der Waals surface area (Å²) in [5.74, 6) is -0.164. The van der Waals surface area contributed by atoms with Gasteiger partial charge in [-0.3, -0.25) is 10.1 Å². The Balaban J connectivity index is 1.91. The summed E-state index contributed by atoms with van der Waals surface area (Å²) in [6, 6.07) is 10.7. The second-order valence-electron chi connectivity index (χ2n) is 6.91. The van der Waals surface area contributed by atoms with Gasteiger partial charge >= 0.3 is 6.09 Å². The van der Waals surface area contributed by atoms with Crippen LogP contribution < -0.4 is 10.6 Å². The van der Waals surface area contributed by atoms with Crippen LogP contribution in [-0.4, -0.2) is 22.2 Å². The first kappa shape index (κ1) is 18.6. The number of aromatic nitrogens is 1. The first-order valence-electron chi connectivity index (χ1n) is 8.15. The van der Waals surface area contributed by atoms with E-state index in [0.717, 1.165) is 11.4 Å². The van der Waals surface area contributed by atoms with Gasteiger partial charge in [0.2, 0.25) is 0 Å². The molecule has 134 valence electrons. The molecule has 0 unspecified atom stereocenters. The Morgan fingerprint density at radius 3 is 2.24 bits per heavy atom. The van der Waals surface area contributed by atoms with Crippen molar-refractivity contribution in [2.24, 2.45) is 7.05 Å². The van der Waals surface area contributed by atoms with Gasteiger partial charge in [-0.25, -0.2) is 4.79 Å². The molecule has 1 heterocycles. The lowest BCUT2D eigenvalue weighted by molar-refractivity contribution is 0.0635. The molecule has 1 aromatic heterocycles. The third kappa shape index (κ3) is 5.38. The Hall–Kier alpha value is -2.76. The normalized spacial score (nSPS) is 11.1. The van der Waals surface area contributed by atoms with E-state index < -0.39 is 11.7 Å². The topological polar surface area (TPSA) is 72.4 Å². The summed E-state index contributed by atoms with van der Waals surface area (Å²) in [4.78, 5) is 24.0. The number of amides is 2. The maximum atomic E-state index is 12.2. The Bertz CT molecular complexity index is 755. The van der Waals surface area contributed by atoms with Crippen LogP contribution in [0.3, 0.4) is 0 Å².